The molecule has 0 aliphatic rings. The minimum atomic E-state index is -0.669. The van der Waals surface area contributed by atoms with Gasteiger partial charge in [-0.2, -0.15) is 0 Å². The maximum atomic E-state index is 14.2. The van der Waals surface area contributed by atoms with Gasteiger partial charge >= 0.3 is 0 Å². The summed E-state index contributed by atoms with van der Waals surface area (Å²) in [5.41, 5.74) is 1.07. The lowest BCUT2D eigenvalue weighted by molar-refractivity contribution is 0.380. The van der Waals surface area contributed by atoms with Gasteiger partial charge in [0.2, 0.25) is 0 Å². The van der Waals surface area contributed by atoms with E-state index in [1.165, 1.54) is 19.3 Å². The first kappa shape index (κ1) is 16.9. The molecule has 0 aliphatic carbocycles. The minimum Gasteiger partial charge on any atom is -0.494 e. The molecule has 0 atom stereocenters. The Morgan fingerprint density at radius 3 is 2.67 bits per heavy atom. The summed E-state index contributed by atoms with van der Waals surface area (Å²) in [6, 6.07) is 1.30. The third-order valence-corrected chi connectivity index (χ3v) is 3.01. The molecule has 1 N–H and O–H groups in total. The summed E-state index contributed by atoms with van der Waals surface area (Å²) in [6.45, 7) is 3.53. The van der Waals surface area contributed by atoms with E-state index < -0.39 is 11.6 Å². The van der Waals surface area contributed by atoms with E-state index in [0.717, 1.165) is 5.57 Å². The molecule has 0 aromatic heterocycles. The van der Waals surface area contributed by atoms with E-state index in [4.69, 9.17) is 4.74 Å². The molecule has 0 radical (unpaired) electrons. The molecule has 0 saturated heterocycles. The van der Waals surface area contributed by atoms with Crippen LogP contribution in [0.25, 0.3) is 6.08 Å². The summed E-state index contributed by atoms with van der Waals surface area (Å²) < 4.78 is 33.4. The van der Waals surface area contributed by atoms with Gasteiger partial charge < -0.3 is 10.1 Å². The Hall–Kier alpha value is -2.17. The second kappa shape index (κ2) is 8.19. The lowest BCUT2D eigenvalue weighted by Gasteiger charge is -2.12. The molecule has 21 heavy (non-hydrogen) atoms. The second-order valence-corrected chi connectivity index (χ2v) is 4.37. The van der Waals surface area contributed by atoms with Gasteiger partial charge in [0.15, 0.2) is 11.6 Å². The number of hydrogen-bond donors (Lipinski definition) is 1. The summed E-state index contributed by atoms with van der Waals surface area (Å²) in [4.78, 5) is 3.92. The Balaban J connectivity index is 3.12. The maximum absolute atomic E-state index is 14.2. The average molecular weight is 294 g/mol. The van der Waals surface area contributed by atoms with Crippen LogP contribution in [0.15, 0.2) is 29.4 Å². The van der Waals surface area contributed by atoms with Crippen molar-refractivity contribution in [2.24, 2.45) is 4.99 Å². The molecule has 3 nitrogen and oxygen atoms in total. The third kappa shape index (κ3) is 4.15. The largest absolute Gasteiger partial charge is 0.494 e. The van der Waals surface area contributed by atoms with Gasteiger partial charge in [-0.05, 0) is 24.5 Å². The van der Waals surface area contributed by atoms with Gasteiger partial charge in [-0.15, -0.1) is 0 Å². The first-order valence-corrected chi connectivity index (χ1v) is 6.54. The number of ether oxygens (including phenoxy) is 1. The lowest BCUT2D eigenvalue weighted by Crippen LogP contribution is -2.04. The fourth-order valence-electron chi connectivity index (χ4n) is 2.00. The molecule has 0 bridgehead atoms. The molecular weight excluding hydrogens is 274 g/mol. The highest BCUT2D eigenvalue weighted by Gasteiger charge is 2.17. The van der Waals surface area contributed by atoms with Crippen LogP contribution in [0.4, 0.5) is 8.78 Å². The van der Waals surface area contributed by atoms with Crippen LogP contribution in [0.2, 0.25) is 0 Å². The van der Waals surface area contributed by atoms with Gasteiger partial charge in [0.25, 0.3) is 0 Å². The number of benzene rings is 1. The molecule has 1 rings (SSSR count). The third-order valence-electron chi connectivity index (χ3n) is 3.01. The van der Waals surface area contributed by atoms with Crippen LogP contribution in [0, 0.1) is 11.6 Å². The fraction of sp³-hybridized carbons (Fsp3) is 0.312. The zero-order valence-electron chi connectivity index (χ0n) is 12.5. The van der Waals surface area contributed by atoms with Crippen LogP contribution in [0.5, 0.6) is 5.75 Å². The van der Waals surface area contributed by atoms with Gasteiger partial charge in [0, 0.05) is 37.6 Å². The van der Waals surface area contributed by atoms with Crippen molar-refractivity contribution in [3.63, 3.8) is 0 Å². The molecule has 1 aromatic carbocycles. The summed E-state index contributed by atoms with van der Waals surface area (Å²) in [6.07, 6.45) is 5.40. The molecular formula is C16H20F2N2O. The number of allylic oxidation sites excluding steroid dienone is 1. The highest BCUT2D eigenvalue weighted by Crippen LogP contribution is 2.28. The molecule has 0 heterocycles. The highest BCUT2D eigenvalue weighted by atomic mass is 19.1. The van der Waals surface area contributed by atoms with Gasteiger partial charge in [0.05, 0.1) is 7.11 Å². The van der Waals surface area contributed by atoms with Crippen molar-refractivity contribution >= 4 is 12.3 Å². The van der Waals surface area contributed by atoms with E-state index in [0.29, 0.717) is 6.42 Å². The van der Waals surface area contributed by atoms with Crippen LogP contribution < -0.4 is 10.1 Å². The van der Waals surface area contributed by atoms with Crippen molar-refractivity contribution in [1.29, 1.82) is 0 Å². The number of nitrogens with zero attached hydrogens (tertiary/aromatic N) is 1. The SMILES string of the molecule is C=Cc1cc(OC)c(F)c(CC/C(C=NC)=C/NC)c1F. The standard InChI is InChI=1S/C16H20F2N2O/c1-5-12-8-14(21-4)16(18)13(15(12)17)7-6-11(9-19-2)10-20-3/h5,8-10,19H,1,6-7H2,2-4H3/b11-9-,20-10?. The Morgan fingerprint density at radius 2 is 2.14 bits per heavy atom. The van der Waals surface area contributed by atoms with E-state index in [1.807, 2.05) is 0 Å². The fourth-order valence-corrected chi connectivity index (χ4v) is 2.00. The highest BCUT2D eigenvalue weighted by molar-refractivity contribution is 5.78. The predicted molar refractivity (Wildman–Crippen MR) is 82.9 cm³/mol. The quantitative estimate of drug-likeness (QED) is 0.782. The molecule has 0 unspecified atom stereocenters. The predicted octanol–water partition coefficient (Wildman–Crippen LogP) is 3.35. The first-order valence-electron chi connectivity index (χ1n) is 6.54. The normalized spacial score (nSPS) is 11.8. The average Bonchev–Trinajstić information content (AvgIpc) is 2.47. The van der Waals surface area contributed by atoms with E-state index in [1.54, 1.807) is 26.5 Å². The van der Waals surface area contributed by atoms with Crippen molar-refractivity contribution < 1.29 is 13.5 Å². The Kier molecular flexibility index (Phi) is 6.59. The molecule has 0 aliphatic heterocycles. The summed E-state index contributed by atoms with van der Waals surface area (Å²) in [5.74, 6) is -1.25. The number of hydrogen-bond acceptors (Lipinski definition) is 3. The maximum Gasteiger partial charge on any atom is 0.171 e. The number of rotatable bonds is 7. The Bertz CT molecular complexity index is 566. The zero-order chi connectivity index (χ0) is 15.8. The Labute approximate surface area is 124 Å². The van der Waals surface area contributed by atoms with Gasteiger partial charge in [-0.1, -0.05) is 12.7 Å². The van der Waals surface area contributed by atoms with Crippen LogP contribution in [-0.4, -0.2) is 27.4 Å². The zero-order valence-corrected chi connectivity index (χ0v) is 12.5. The van der Waals surface area contributed by atoms with Crippen molar-refractivity contribution in [3.05, 3.63) is 47.2 Å². The van der Waals surface area contributed by atoms with Crippen LogP contribution in [0.1, 0.15) is 17.5 Å². The Morgan fingerprint density at radius 1 is 1.43 bits per heavy atom. The second-order valence-electron chi connectivity index (χ2n) is 4.37. The molecule has 0 saturated carbocycles. The summed E-state index contributed by atoms with van der Waals surface area (Å²) in [7, 11) is 4.75. The van der Waals surface area contributed by atoms with Crippen molar-refractivity contribution in [3.8, 4) is 5.75 Å². The number of aliphatic imine (C=N–C) groups is 1. The molecule has 0 spiro atoms. The van der Waals surface area contributed by atoms with Crippen molar-refractivity contribution in [1.82, 2.24) is 5.32 Å². The topological polar surface area (TPSA) is 33.6 Å². The van der Waals surface area contributed by atoms with E-state index in [-0.39, 0.29) is 23.3 Å². The lowest BCUT2D eigenvalue weighted by atomic mass is 10.0. The molecule has 0 fully saturated rings. The molecule has 1 aromatic rings. The summed E-state index contributed by atoms with van der Waals surface area (Å²) >= 11 is 0. The number of nitrogens with one attached hydrogen (secondary N) is 1. The molecule has 5 heteroatoms. The van der Waals surface area contributed by atoms with Crippen LogP contribution in [0.3, 0.4) is 0 Å². The van der Waals surface area contributed by atoms with E-state index in [2.05, 4.69) is 16.9 Å². The van der Waals surface area contributed by atoms with Crippen molar-refractivity contribution in [2.75, 3.05) is 21.2 Å². The number of halogens is 2. The monoisotopic (exact) mass is 294 g/mol. The van der Waals surface area contributed by atoms with E-state index >= 15 is 0 Å². The van der Waals surface area contributed by atoms with E-state index in [9.17, 15) is 8.78 Å². The minimum absolute atomic E-state index is 0.00393. The molecule has 0 amide bonds. The smallest absolute Gasteiger partial charge is 0.171 e. The van der Waals surface area contributed by atoms with Crippen LogP contribution >= 0.6 is 0 Å². The first-order chi connectivity index (χ1) is 10.1. The summed E-state index contributed by atoms with van der Waals surface area (Å²) in [5, 5.41) is 2.88. The van der Waals surface area contributed by atoms with Crippen molar-refractivity contribution in [2.45, 2.75) is 12.8 Å². The number of methoxy groups -OCH3 is 1. The van der Waals surface area contributed by atoms with Gasteiger partial charge in [-0.3, -0.25) is 4.99 Å². The van der Waals surface area contributed by atoms with Gasteiger partial charge in [-0.25, -0.2) is 8.78 Å². The van der Waals surface area contributed by atoms with Gasteiger partial charge in [0.1, 0.15) is 5.82 Å². The van der Waals surface area contributed by atoms with Crippen LogP contribution in [-0.2, 0) is 6.42 Å². The molecule has 114 valence electrons.